The Balaban J connectivity index is 0.000000248. The van der Waals surface area contributed by atoms with E-state index in [1.165, 1.54) is 38.5 Å². The topological polar surface area (TPSA) is 36.9 Å². The molecule has 2 aromatic rings. The molecule has 1 saturated heterocycles. The van der Waals surface area contributed by atoms with E-state index in [0.717, 1.165) is 0 Å². The third kappa shape index (κ3) is 5.40. The lowest BCUT2D eigenvalue weighted by molar-refractivity contribution is 0.00578. The molecule has 0 bridgehead atoms. The summed E-state index contributed by atoms with van der Waals surface area (Å²) < 4.78 is 48.4. The molecule has 0 spiro atoms. The van der Waals surface area contributed by atoms with Crippen molar-refractivity contribution in [3.05, 3.63) is 50.4 Å². The summed E-state index contributed by atoms with van der Waals surface area (Å²) in [4.78, 5) is 0. The highest BCUT2D eigenvalue weighted by Crippen LogP contribution is 2.37. The summed E-state index contributed by atoms with van der Waals surface area (Å²) in [7, 11) is 2.10. The lowest BCUT2D eigenvalue weighted by atomic mass is 9.79. The van der Waals surface area contributed by atoms with Crippen molar-refractivity contribution in [1.82, 2.24) is 0 Å². The molecule has 0 unspecified atom stereocenters. The van der Waals surface area contributed by atoms with Crippen molar-refractivity contribution >= 4 is 51.7 Å². The highest BCUT2D eigenvalue weighted by Gasteiger charge is 2.52. The first-order valence-electron chi connectivity index (χ1n) is 8.90. The molecule has 0 saturated carbocycles. The van der Waals surface area contributed by atoms with Crippen molar-refractivity contribution in [3.63, 3.8) is 0 Å². The summed E-state index contributed by atoms with van der Waals surface area (Å²) in [5.41, 5.74) is -0.506. The zero-order valence-corrected chi connectivity index (χ0v) is 20.5. The number of halogens is 5. The molecule has 0 radical (unpaired) electrons. The van der Waals surface area contributed by atoms with Crippen LogP contribution in [0.2, 0.25) is 10.0 Å². The minimum absolute atomic E-state index is 0.102. The van der Waals surface area contributed by atoms with Crippen LogP contribution in [0.15, 0.2) is 28.7 Å². The second kappa shape index (κ2) is 9.61. The predicted octanol–water partition coefficient (Wildman–Crippen LogP) is 6.04. The van der Waals surface area contributed by atoms with Gasteiger partial charge in [-0.2, -0.15) is 0 Å². The second-order valence-corrected chi connectivity index (χ2v) is 9.17. The molecule has 3 rings (SSSR count). The van der Waals surface area contributed by atoms with Crippen LogP contribution in [0.4, 0.5) is 8.78 Å². The van der Waals surface area contributed by atoms with Crippen LogP contribution in [-0.4, -0.2) is 32.5 Å². The quantitative estimate of drug-likeness (QED) is 0.362. The Labute approximate surface area is 194 Å². The summed E-state index contributed by atoms with van der Waals surface area (Å²) >= 11 is 14.9. The Morgan fingerprint density at radius 2 is 1.27 bits per heavy atom. The summed E-state index contributed by atoms with van der Waals surface area (Å²) in [6.07, 6.45) is 0. The van der Waals surface area contributed by atoms with Crippen LogP contribution in [0.3, 0.4) is 0 Å². The van der Waals surface area contributed by atoms with Crippen LogP contribution in [0.1, 0.15) is 27.7 Å². The Hall–Kier alpha value is -1.06. The van der Waals surface area contributed by atoms with Gasteiger partial charge < -0.3 is 18.8 Å². The van der Waals surface area contributed by atoms with E-state index in [2.05, 4.69) is 15.9 Å². The number of hydrogen-bond acceptors (Lipinski definition) is 4. The zero-order valence-electron chi connectivity index (χ0n) is 17.4. The molecule has 164 valence electrons. The van der Waals surface area contributed by atoms with Crippen molar-refractivity contribution in [2.45, 2.75) is 38.9 Å². The lowest BCUT2D eigenvalue weighted by Crippen LogP contribution is -2.41. The first-order valence-corrected chi connectivity index (χ1v) is 10.4. The van der Waals surface area contributed by atoms with E-state index in [-0.39, 0.29) is 11.5 Å². The van der Waals surface area contributed by atoms with Gasteiger partial charge in [0.2, 0.25) is 0 Å². The molecule has 1 aliphatic heterocycles. The fraction of sp³-hybridized carbons (Fsp3) is 0.400. The average molecular weight is 526 g/mol. The van der Waals surface area contributed by atoms with Crippen LogP contribution >= 0.6 is 39.1 Å². The van der Waals surface area contributed by atoms with Gasteiger partial charge in [0.1, 0.15) is 0 Å². The van der Waals surface area contributed by atoms with E-state index >= 15 is 0 Å². The molecule has 0 aliphatic carbocycles. The fourth-order valence-corrected chi connectivity index (χ4v) is 3.22. The van der Waals surface area contributed by atoms with E-state index < -0.39 is 30.0 Å². The highest BCUT2D eigenvalue weighted by atomic mass is 79.9. The normalized spacial score (nSPS) is 16.7. The van der Waals surface area contributed by atoms with Gasteiger partial charge in [-0.1, -0.05) is 23.2 Å². The van der Waals surface area contributed by atoms with Gasteiger partial charge in [-0.25, -0.2) is 8.78 Å². The predicted molar refractivity (Wildman–Crippen MR) is 119 cm³/mol. The Bertz CT molecular complexity index is 912. The zero-order chi connectivity index (χ0) is 22.9. The SMILES string of the molecule is COc1cc(Cl)c(B2OC(C)(C)C(C)(C)O2)cc1F.COc1cc(Cl)c(Br)cc1F. The van der Waals surface area contributed by atoms with Gasteiger partial charge in [0, 0.05) is 27.1 Å². The van der Waals surface area contributed by atoms with Crippen LogP contribution in [-0.2, 0) is 9.31 Å². The molecule has 10 heteroatoms. The molecule has 0 atom stereocenters. The Morgan fingerprint density at radius 3 is 1.73 bits per heavy atom. The maximum absolute atomic E-state index is 13.8. The number of hydrogen-bond donors (Lipinski definition) is 0. The van der Waals surface area contributed by atoms with Crippen molar-refractivity contribution in [2.75, 3.05) is 14.2 Å². The summed E-state index contributed by atoms with van der Waals surface area (Å²) in [6.45, 7) is 7.73. The van der Waals surface area contributed by atoms with Gasteiger partial charge in [0.15, 0.2) is 23.1 Å². The molecular weight excluding hydrogens is 504 g/mol. The maximum Gasteiger partial charge on any atom is 0.496 e. The molecule has 4 nitrogen and oxygen atoms in total. The number of ether oxygens (including phenoxy) is 2. The molecule has 0 aromatic heterocycles. The van der Waals surface area contributed by atoms with Gasteiger partial charge in [-0.05, 0) is 55.8 Å². The van der Waals surface area contributed by atoms with Crippen LogP contribution in [0.25, 0.3) is 0 Å². The molecule has 0 N–H and O–H groups in total. The van der Waals surface area contributed by atoms with Gasteiger partial charge in [-0.15, -0.1) is 0 Å². The van der Waals surface area contributed by atoms with Gasteiger partial charge in [0.05, 0.1) is 30.4 Å². The van der Waals surface area contributed by atoms with E-state index in [1.807, 2.05) is 27.7 Å². The van der Waals surface area contributed by atoms with E-state index in [1.54, 1.807) is 0 Å². The van der Waals surface area contributed by atoms with E-state index in [9.17, 15) is 8.78 Å². The fourth-order valence-electron chi connectivity index (χ4n) is 2.51. The van der Waals surface area contributed by atoms with Crippen LogP contribution in [0.5, 0.6) is 11.5 Å². The smallest absolute Gasteiger partial charge is 0.494 e. The summed E-state index contributed by atoms with van der Waals surface area (Å²) in [5, 5.41) is 0.792. The Kier molecular flexibility index (Phi) is 8.08. The third-order valence-electron chi connectivity index (χ3n) is 4.97. The van der Waals surface area contributed by atoms with E-state index in [4.69, 9.17) is 42.0 Å². The largest absolute Gasteiger partial charge is 0.496 e. The second-order valence-electron chi connectivity index (χ2n) is 7.50. The Morgan fingerprint density at radius 1 is 0.833 bits per heavy atom. The first kappa shape index (κ1) is 25.2. The molecule has 0 amide bonds. The van der Waals surface area contributed by atoms with Gasteiger partial charge >= 0.3 is 7.12 Å². The molecule has 1 heterocycles. The van der Waals surface area contributed by atoms with Crippen molar-refractivity contribution < 1.29 is 27.6 Å². The molecule has 1 fully saturated rings. The van der Waals surface area contributed by atoms with Crippen LogP contribution in [0, 0.1) is 11.6 Å². The highest BCUT2D eigenvalue weighted by molar-refractivity contribution is 9.10. The monoisotopic (exact) mass is 524 g/mol. The maximum atomic E-state index is 13.8. The number of benzene rings is 2. The number of methoxy groups -OCH3 is 2. The molecule has 1 aliphatic rings. The number of rotatable bonds is 3. The van der Waals surface area contributed by atoms with Crippen molar-refractivity contribution in [3.8, 4) is 11.5 Å². The summed E-state index contributed by atoms with van der Waals surface area (Å²) in [6, 6.07) is 5.41. The standard InChI is InChI=1S/C13H17BClFO3.C7H5BrClFO/c1-12(2)13(3,4)19-14(18-12)8-6-10(16)11(17-5)7-9(8)15;1-11-7-3-5(9)4(8)2-6(7)10/h6-7H,1-5H3;2-3H,1H3. The third-order valence-corrected chi connectivity index (χ3v) is 6.50. The molecule has 2 aromatic carbocycles. The lowest BCUT2D eigenvalue weighted by Gasteiger charge is -2.32. The minimum Gasteiger partial charge on any atom is -0.494 e. The van der Waals surface area contributed by atoms with Crippen molar-refractivity contribution in [1.29, 1.82) is 0 Å². The average Bonchev–Trinajstić information content (AvgIpc) is 2.87. The van der Waals surface area contributed by atoms with E-state index in [0.29, 0.717) is 20.0 Å². The van der Waals surface area contributed by atoms with Gasteiger partial charge in [0.25, 0.3) is 0 Å². The van der Waals surface area contributed by atoms with Crippen LogP contribution < -0.4 is 14.9 Å². The first-order chi connectivity index (χ1) is 13.8. The van der Waals surface area contributed by atoms with Gasteiger partial charge in [-0.3, -0.25) is 0 Å². The van der Waals surface area contributed by atoms with Crippen molar-refractivity contribution in [2.24, 2.45) is 0 Å². The molecule has 30 heavy (non-hydrogen) atoms. The minimum atomic E-state index is -0.682. The summed E-state index contributed by atoms with van der Waals surface area (Å²) in [5.74, 6) is -0.663. The molecular formula is C20H22BBrCl2F2O4.